The molecule has 4 aliphatic rings. The Labute approximate surface area is 178 Å². The van der Waals surface area contributed by atoms with E-state index >= 15 is 0 Å². The number of ketones is 1. The van der Waals surface area contributed by atoms with Crippen molar-refractivity contribution in [2.75, 3.05) is 6.54 Å². The van der Waals surface area contributed by atoms with E-state index in [1.807, 2.05) is 0 Å². The molecule has 5 unspecified atom stereocenters. The van der Waals surface area contributed by atoms with Gasteiger partial charge in [-0.3, -0.25) is 9.59 Å². The average molecular weight is 402 g/mol. The molecule has 3 heteroatoms. The third kappa shape index (κ3) is 5.44. The number of carbonyl (C=O) groups is 2. The molecule has 3 nitrogen and oxygen atoms in total. The first-order valence-electron chi connectivity index (χ1n) is 13.0. The van der Waals surface area contributed by atoms with Crippen molar-refractivity contribution in [3.63, 3.8) is 0 Å². The van der Waals surface area contributed by atoms with E-state index in [0.29, 0.717) is 30.6 Å². The fraction of sp³-hybridized carbons (Fsp3) is 0.923. The summed E-state index contributed by atoms with van der Waals surface area (Å²) >= 11 is 0. The molecule has 0 spiro atoms. The number of rotatable bonds is 5. The zero-order valence-corrected chi connectivity index (χ0v) is 18.6. The summed E-state index contributed by atoms with van der Waals surface area (Å²) in [5, 5.41) is 0. The molecule has 164 valence electrons. The maximum absolute atomic E-state index is 12.9. The van der Waals surface area contributed by atoms with Gasteiger partial charge in [0.25, 0.3) is 0 Å². The fourth-order valence-electron chi connectivity index (χ4n) is 7.25. The molecule has 3 aliphatic carbocycles. The number of hydrogen-bond acceptors (Lipinski definition) is 2. The number of Topliss-reactive ketones (excluding diaryl/α,β-unsaturated/α-hetero) is 1. The number of nitrogens with zero attached hydrogens (tertiary/aromatic N) is 1. The Morgan fingerprint density at radius 3 is 2.10 bits per heavy atom. The minimum absolute atomic E-state index is 0.283. The first-order valence-corrected chi connectivity index (χ1v) is 13.0. The lowest BCUT2D eigenvalue weighted by Gasteiger charge is -2.44. The van der Waals surface area contributed by atoms with Crippen LogP contribution in [0.1, 0.15) is 116 Å². The number of fused-ring (bicyclic) bond motifs is 2. The molecule has 1 aliphatic heterocycles. The highest BCUT2D eigenvalue weighted by Gasteiger charge is 2.35. The molecule has 0 aromatic rings. The molecule has 29 heavy (non-hydrogen) atoms. The minimum atomic E-state index is 0.283. The van der Waals surface area contributed by atoms with Crippen LogP contribution < -0.4 is 0 Å². The van der Waals surface area contributed by atoms with Crippen molar-refractivity contribution < 1.29 is 9.59 Å². The molecule has 1 saturated heterocycles. The second-order valence-corrected chi connectivity index (χ2v) is 10.7. The number of carbonyl (C=O) groups excluding carboxylic acids is 2. The van der Waals surface area contributed by atoms with Crippen molar-refractivity contribution in [1.29, 1.82) is 0 Å². The van der Waals surface area contributed by atoms with Crippen LogP contribution in [0.15, 0.2) is 0 Å². The van der Waals surface area contributed by atoms with Gasteiger partial charge in [-0.05, 0) is 69.1 Å². The first-order chi connectivity index (χ1) is 14.2. The molecule has 5 atom stereocenters. The number of hydrogen-bond donors (Lipinski definition) is 0. The molecule has 1 amide bonds. The van der Waals surface area contributed by atoms with E-state index in [2.05, 4.69) is 4.90 Å². The van der Waals surface area contributed by atoms with Crippen molar-refractivity contribution in [1.82, 2.24) is 4.90 Å². The van der Waals surface area contributed by atoms with Crippen molar-refractivity contribution in [3.8, 4) is 0 Å². The van der Waals surface area contributed by atoms with Crippen molar-refractivity contribution in [2.24, 2.45) is 23.7 Å². The monoisotopic (exact) mass is 401 g/mol. The van der Waals surface area contributed by atoms with E-state index in [0.717, 1.165) is 43.6 Å². The lowest BCUT2D eigenvalue weighted by Crippen LogP contribution is -2.49. The summed E-state index contributed by atoms with van der Waals surface area (Å²) in [6.45, 7) is 0.957. The molecular weight excluding hydrogens is 358 g/mol. The van der Waals surface area contributed by atoms with Gasteiger partial charge in [0, 0.05) is 31.3 Å². The summed E-state index contributed by atoms with van der Waals surface area (Å²) in [6.07, 6.45) is 21.4. The molecule has 4 fully saturated rings. The molecule has 0 N–H and O–H groups in total. The van der Waals surface area contributed by atoms with Gasteiger partial charge in [0.1, 0.15) is 5.78 Å². The molecule has 0 aromatic heterocycles. The van der Waals surface area contributed by atoms with Gasteiger partial charge in [-0.2, -0.15) is 0 Å². The Morgan fingerprint density at radius 1 is 0.621 bits per heavy atom. The van der Waals surface area contributed by atoms with Crippen molar-refractivity contribution >= 4 is 11.7 Å². The lowest BCUT2D eigenvalue weighted by atomic mass is 9.71. The topological polar surface area (TPSA) is 37.4 Å². The number of amides is 1. The van der Waals surface area contributed by atoms with Crippen LogP contribution in [0.25, 0.3) is 0 Å². The van der Waals surface area contributed by atoms with Gasteiger partial charge >= 0.3 is 0 Å². The Hall–Kier alpha value is -0.860. The maximum atomic E-state index is 12.9. The van der Waals surface area contributed by atoms with E-state index in [4.69, 9.17) is 0 Å². The third-order valence-electron chi connectivity index (χ3n) is 8.91. The summed E-state index contributed by atoms with van der Waals surface area (Å²) in [6, 6.07) is 0.509. The SMILES string of the molecule is O=C(CCCC(=O)N1CCCC2CCCCC21)C1CCCC2CCCCC2CC1. The fourth-order valence-corrected chi connectivity index (χ4v) is 7.25. The van der Waals surface area contributed by atoms with Gasteiger partial charge in [-0.1, -0.05) is 51.4 Å². The van der Waals surface area contributed by atoms with Gasteiger partial charge in [0.15, 0.2) is 0 Å². The quantitative estimate of drug-likeness (QED) is 0.542. The van der Waals surface area contributed by atoms with Gasteiger partial charge in [-0.15, -0.1) is 0 Å². The van der Waals surface area contributed by atoms with Crippen LogP contribution in [0.4, 0.5) is 0 Å². The average Bonchev–Trinajstić information content (AvgIpc) is 2.74. The third-order valence-corrected chi connectivity index (χ3v) is 8.91. The van der Waals surface area contributed by atoms with Gasteiger partial charge < -0.3 is 4.90 Å². The van der Waals surface area contributed by atoms with Crippen LogP contribution in [-0.2, 0) is 9.59 Å². The second-order valence-electron chi connectivity index (χ2n) is 10.7. The molecule has 0 radical (unpaired) electrons. The van der Waals surface area contributed by atoms with Gasteiger partial charge in [0.2, 0.25) is 5.91 Å². The minimum Gasteiger partial charge on any atom is -0.339 e. The summed E-state index contributed by atoms with van der Waals surface area (Å²) in [4.78, 5) is 28.0. The molecule has 3 saturated carbocycles. The normalized spacial score (nSPS) is 35.7. The van der Waals surface area contributed by atoms with E-state index in [9.17, 15) is 9.59 Å². The Morgan fingerprint density at radius 2 is 1.28 bits per heavy atom. The van der Waals surface area contributed by atoms with Crippen LogP contribution >= 0.6 is 0 Å². The van der Waals surface area contributed by atoms with Crippen LogP contribution in [0.2, 0.25) is 0 Å². The second kappa shape index (κ2) is 10.4. The zero-order valence-electron chi connectivity index (χ0n) is 18.6. The Balaban J connectivity index is 1.20. The van der Waals surface area contributed by atoms with Gasteiger partial charge in [0.05, 0.1) is 0 Å². The smallest absolute Gasteiger partial charge is 0.222 e. The van der Waals surface area contributed by atoms with Crippen molar-refractivity contribution in [2.45, 2.75) is 122 Å². The summed E-state index contributed by atoms with van der Waals surface area (Å²) in [5.41, 5.74) is 0. The maximum Gasteiger partial charge on any atom is 0.222 e. The lowest BCUT2D eigenvalue weighted by molar-refractivity contribution is -0.137. The van der Waals surface area contributed by atoms with Crippen LogP contribution in [0.5, 0.6) is 0 Å². The van der Waals surface area contributed by atoms with Crippen molar-refractivity contribution in [3.05, 3.63) is 0 Å². The van der Waals surface area contributed by atoms with Crippen LogP contribution in [0, 0.1) is 23.7 Å². The number of piperidine rings is 1. The Bertz CT molecular complexity index is 557. The molecule has 0 aromatic carbocycles. The highest BCUT2D eigenvalue weighted by atomic mass is 16.2. The van der Waals surface area contributed by atoms with E-state index in [-0.39, 0.29) is 5.92 Å². The number of likely N-dealkylation sites (tertiary alicyclic amines) is 1. The zero-order chi connectivity index (χ0) is 20.1. The van der Waals surface area contributed by atoms with Gasteiger partial charge in [-0.25, -0.2) is 0 Å². The van der Waals surface area contributed by atoms with E-state index < -0.39 is 0 Å². The standard InChI is InChI=1S/C26H43NO2/c28-25(23-12-5-11-20-8-1-2-9-21(20)17-18-23)15-6-16-26(29)27-19-7-13-22-10-3-4-14-24(22)27/h20-24H,1-19H2. The summed E-state index contributed by atoms with van der Waals surface area (Å²) in [7, 11) is 0. The highest BCUT2D eigenvalue weighted by Crippen LogP contribution is 2.40. The Kier molecular flexibility index (Phi) is 7.70. The summed E-state index contributed by atoms with van der Waals surface area (Å²) < 4.78 is 0. The van der Waals surface area contributed by atoms with Crippen LogP contribution in [0.3, 0.4) is 0 Å². The summed E-state index contributed by atoms with van der Waals surface area (Å²) in [5.74, 6) is 3.67. The molecular formula is C26H43NO2. The molecule has 0 bridgehead atoms. The molecule has 4 rings (SSSR count). The van der Waals surface area contributed by atoms with E-state index in [1.54, 1.807) is 0 Å². The largest absolute Gasteiger partial charge is 0.339 e. The predicted molar refractivity (Wildman–Crippen MR) is 118 cm³/mol. The first kappa shape index (κ1) is 21.4. The highest BCUT2D eigenvalue weighted by molar-refractivity contribution is 5.82. The van der Waals surface area contributed by atoms with E-state index in [1.165, 1.54) is 83.5 Å². The molecule has 1 heterocycles. The van der Waals surface area contributed by atoms with Crippen LogP contribution in [-0.4, -0.2) is 29.2 Å². The predicted octanol–water partition coefficient (Wildman–Crippen LogP) is 6.29.